The maximum Gasteiger partial charge on any atom is 0.573 e. The first-order valence-electron chi connectivity index (χ1n) is 13.8. The molecule has 8 nitrogen and oxygen atoms in total. The smallest absolute Gasteiger partial charge is 0.406 e. The van der Waals surface area contributed by atoms with Crippen molar-refractivity contribution in [2.24, 2.45) is 4.99 Å². The van der Waals surface area contributed by atoms with Crippen LogP contribution in [0.2, 0.25) is 0 Å². The molecule has 1 aliphatic rings. The Bertz CT molecular complexity index is 1610. The van der Waals surface area contributed by atoms with Gasteiger partial charge in [0, 0.05) is 23.5 Å². The van der Waals surface area contributed by atoms with Gasteiger partial charge in [0.1, 0.15) is 12.1 Å². The number of urea groups is 1. The van der Waals surface area contributed by atoms with Gasteiger partial charge in [-0.2, -0.15) is 4.99 Å². The van der Waals surface area contributed by atoms with E-state index in [1.165, 1.54) is 40.8 Å². The molecule has 1 fully saturated rings. The average molecular weight is 609 g/mol. The summed E-state index contributed by atoms with van der Waals surface area (Å²) in [6, 6.07) is 16.6. The van der Waals surface area contributed by atoms with Crippen LogP contribution in [0.15, 0.2) is 72.0 Å². The summed E-state index contributed by atoms with van der Waals surface area (Å²) in [7, 11) is 0. The van der Waals surface area contributed by atoms with E-state index in [4.69, 9.17) is 0 Å². The van der Waals surface area contributed by atoms with Gasteiger partial charge >= 0.3 is 12.4 Å². The summed E-state index contributed by atoms with van der Waals surface area (Å²) in [5.41, 5.74) is 6.83. The number of alkyl halides is 3. The van der Waals surface area contributed by atoms with Crippen LogP contribution in [0.4, 0.5) is 23.7 Å². The third-order valence-electron chi connectivity index (χ3n) is 6.98. The molecule has 0 spiro atoms. The molecule has 1 saturated heterocycles. The maximum atomic E-state index is 13.0. The van der Waals surface area contributed by atoms with Crippen LogP contribution in [0.25, 0.3) is 17.1 Å². The van der Waals surface area contributed by atoms with Crippen LogP contribution >= 0.6 is 11.8 Å². The number of aliphatic imine (C=N–C) groups is 1. The molecule has 0 aliphatic carbocycles. The Morgan fingerprint density at radius 2 is 1.74 bits per heavy atom. The third-order valence-corrected chi connectivity index (χ3v) is 7.94. The first kappa shape index (κ1) is 30.1. The fraction of sp³-hybridized carbons (Fsp3) is 0.290. The second kappa shape index (κ2) is 12.5. The minimum absolute atomic E-state index is 0.239. The molecule has 0 saturated carbocycles. The molecular formula is C31H31F3N6O2S. The lowest BCUT2D eigenvalue weighted by Gasteiger charge is -2.23. The fourth-order valence-electron chi connectivity index (χ4n) is 5.17. The lowest BCUT2D eigenvalue weighted by molar-refractivity contribution is -0.274. The number of anilines is 1. The molecular weight excluding hydrogens is 577 g/mol. The number of hydrogen-bond acceptors (Lipinski definition) is 5. The lowest BCUT2D eigenvalue weighted by Crippen LogP contribution is -2.30. The quantitative estimate of drug-likeness (QED) is 0.234. The number of amides is 2. The number of carbonyl (C=O) groups is 1. The number of aromatic nitrogens is 3. The van der Waals surface area contributed by atoms with Gasteiger partial charge < -0.3 is 15.0 Å². The van der Waals surface area contributed by atoms with Crippen molar-refractivity contribution >= 4 is 28.6 Å². The summed E-state index contributed by atoms with van der Waals surface area (Å²) in [4.78, 5) is 23.9. The number of nitrogens with zero attached hydrogens (tertiary/aromatic N) is 5. The molecule has 224 valence electrons. The molecule has 1 unspecified atom stereocenters. The number of thioether (sulfide) groups is 1. The van der Waals surface area contributed by atoms with Crippen molar-refractivity contribution in [1.82, 2.24) is 20.1 Å². The third kappa shape index (κ3) is 7.19. The molecule has 1 aromatic heterocycles. The number of rotatable bonds is 7. The molecule has 1 aliphatic heterocycles. The summed E-state index contributed by atoms with van der Waals surface area (Å²) < 4.78 is 42.7. The van der Waals surface area contributed by atoms with Crippen molar-refractivity contribution in [2.75, 3.05) is 17.2 Å². The predicted octanol–water partition coefficient (Wildman–Crippen LogP) is 7.53. The number of benzene rings is 3. The van der Waals surface area contributed by atoms with E-state index in [-0.39, 0.29) is 17.8 Å². The Morgan fingerprint density at radius 1 is 1.07 bits per heavy atom. The molecule has 3 aromatic carbocycles. The summed E-state index contributed by atoms with van der Waals surface area (Å²) in [6.45, 7) is 9.04. The number of amidine groups is 1. The Balaban J connectivity index is 1.26. The molecule has 4 aromatic rings. The average Bonchev–Trinajstić information content (AvgIpc) is 3.61. The van der Waals surface area contributed by atoms with Crippen LogP contribution in [0.1, 0.15) is 41.6 Å². The minimum atomic E-state index is -4.75. The Hall–Kier alpha value is -4.32. The van der Waals surface area contributed by atoms with Gasteiger partial charge in [0.25, 0.3) is 0 Å². The summed E-state index contributed by atoms with van der Waals surface area (Å²) in [5.74, 6) is 0.997. The van der Waals surface area contributed by atoms with Crippen molar-refractivity contribution in [2.45, 2.75) is 46.5 Å². The number of aryl methyl sites for hydroxylation is 3. The monoisotopic (exact) mass is 608 g/mol. The number of carbonyl (C=O) groups excluding carboxylic acids is 1. The van der Waals surface area contributed by atoms with Crippen molar-refractivity contribution in [3.05, 3.63) is 89.2 Å². The number of nitrogens with one attached hydrogen (secondary N) is 1. The summed E-state index contributed by atoms with van der Waals surface area (Å²) in [6.07, 6.45) is -2.59. The highest BCUT2D eigenvalue weighted by Crippen LogP contribution is 2.32. The largest absolute Gasteiger partial charge is 0.573 e. The highest BCUT2D eigenvalue weighted by atomic mass is 32.2. The first-order valence-corrected chi connectivity index (χ1v) is 14.7. The molecule has 43 heavy (non-hydrogen) atoms. The summed E-state index contributed by atoms with van der Waals surface area (Å²) >= 11 is 1.58. The van der Waals surface area contributed by atoms with Crippen LogP contribution in [-0.2, 0) is 0 Å². The molecule has 0 bridgehead atoms. The van der Waals surface area contributed by atoms with Gasteiger partial charge in [0.05, 0.1) is 11.7 Å². The molecule has 2 heterocycles. The van der Waals surface area contributed by atoms with E-state index >= 15 is 0 Å². The maximum absolute atomic E-state index is 13.0. The number of halogens is 3. The highest BCUT2D eigenvalue weighted by Gasteiger charge is 2.31. The van der Waals surface area contributed by atoms with E-state index in [0.29, 0.717) is 23.1 Å². The molecule has 5 rings (SSSR count). The van der Waals surface area contributed by atoms with Crippen LogP contribution < -0.4 is 15.0 Å². The van der Waals surface area contributed by atoms with Crippen molar-refractivity contribution in [3.8, 4) is 22.8 Å². The Labute approximate surface area is 252 Å². The van der Waals surface area contributed by atoms with Gasteiger partial charge in [0.15, 0.2) is 11.0 Å². The molecule has 1 N–H and O–H groups in total. The van der Waals surface area contributed by atoms with Crippen LogP contribution in [0.5, 0.6) is 5.75 Å². The summed E-state index contributed by atoms with van der Waals surface area (Å²) in [5, 5.41) is 8.19. The van der Waals surface area contributed by atoms with Crippen molar-refractivity contribution in [3.63, 3.8) is 0 Å². The Morgan fingerprint density at radius 3 is 2.37 bits per heavy atom. The van der Waals surface area contributed by atoms with Gasteiger partial charge in [-0.3, -0.25) is 0 Å². The van der Waals surface area contributed by atoms with Gasteiger partial charge in [-0.05, 0) is 68.1 Å². The van der Waals surface area contributed by atoms with Gasteiger partial charge in [-0.15, -0.1) is 18.3 Å². The van der Waals surface area contributed by atoms with E-state index < -0.39 is 6.36 Å². The van der Waals surface area contributed by atoms with E-state index in [1.54, 1.807) is 11.8 Å². The fourth-order valence-corrected chi connectivity index (χ4v) is 6.12. The lowest BCUT2D eigenvalue weighted by atomic mass is 10.0. The van der Waals surface area contributed by atoms with Crippen molar-refractivity contribution < 1.29 is 22.7 Å². The number of ether oxygens (including phenoxy) is 1. The molecule has 0 radical (unpaired) electrons. The van der Waals surface area contributed by atoms with E-state index in [1.807, 2.05) is 31.2 Å². The van der Waals surface area contributed by atoms with Crippen LogP contribution in [0, 0.1) is 20.8 Å². The standard InChI is InChI=1S/C31H31F3N6O2S/c1-5-26(36-29(41)37-30-39(14-15-43-30)27-20(3)16-19(2)17-21(27)4)22-6-8-23(9-7-22)28-35-18-40(38-28)24-10-12-25(13-11-24)42-31(32,33)34/h6-13,16-18,26H,5,14-15H2,1-4H3,(H,36,41)/b37-30-. The van der Waals surface area contributed by atoms with Crippen molar-refractivity contribution in [1.29, 1.82) is 0 Å². The number of hydrogen-bond donors (Lipinski definition) is 1. The zero-order valence-electron chi connectivity index (χ0n) is 24.1. The Kier molecular flexibility index (Phi) is 8.77. The SMILES string of the molecule is CCC(NC(=O)/N=C1\SCCN1c1c(C)cc(C)cc1C)c1ccc(-c2ncn(-c3ccc(OC(F)(F)F)cc3)n2)cc1. The van der Waals surface area contributed by atoms with E-state index in [2.05, 4.69) is 62.9 Å². The second-order valence-corrected chi connectivity index (χ2v) is 11.3. The zero-order chi connectivity index (χ0) is 30.7. The normalized spacial score (nSPS) is 15.1. The topological polar surface area (TPSA) is 84.6 Å². The molecule has 2 amide bonds. The highest BCUT2D eigenvalue weighted by molar-refractivity contribution is 8.14. The minimum Gasteiger partial charge on any atom is -0.406 e. The predicted molar refractivity (Wildman–Crippen MR) is 163 cm³/mol. The second-order valence-electron chi connectivity index (χ2n) is 10.2. The van der Waals surface area contributed by atoms with Crippen LogP contribution in [-0.4, -0.2) is 44.6 Å². The zero-order valence-corrected chi connectivity index (χ0v) is 25.0. The molecule has 1 atom stereocenters. The van der Waals surface area contributed by atoms with Crippen LogP contribution in [0.3, 0.4) is 0 Å². The van der Waals surface area contributed by atoms with E-state index in [9.17, 15) is 18.0 Å². The van der Waals surface area contributed by atoms with Gasteiger partial charge in [-0.1, -0.05) is 60.6 Å². The first-order chi connectivity index (χ1) is 20.5. The molecule has 12 heteroatoms. The van der Waals surface area contributed by atoms with Gasteiger partial charge in [0.2, 0.25) is 0 Å². The van der Waals surface area contributed by atoms with Gasteiger partial charge in [-0.25, -0.2) is 14.5 Å². The van der Waals surface area contributed by atoms with E-state index in [0.717, 1.165) is 40.2 Å².